The molecule has 13 heteroatoms. The van der Waals surface area contributed by atoms with Gasteiger partial charge in [0.25, 0.3) is 0 Å². The first-order valence-corrected chi connectivity index (χ1v) is 28.8. The summed E-state index contributed by atoms with van der Waals surface area (Å²) in [6, 6.07) is 51.5. The van der Waals surface area contributed by atoms with Gasteiger partial charge >= 0.3 is 12.2 Å². The molecule has 4 heterocycles. The highest BCUT2D eigenvalue weighted by Gasteiger charge is 2.32. The average Bonchev–Trinajstić information content (AvgIpc) is 3.44. The Morgan fingerprint density at radius 2 is 0.924 bits per heavy atom. The van der Waals surface area contributed by atoms with Crippen LogP contribution in [0.1, 0.15) is 98.1 Å². The number of alkyl halides is 1. The number of amides is 2. The number of hydrogen-bond donors (Lipinski definition) is 1. The summed E-state index contributed by atoms with van der Waals surface area (Å²) in [5, 5.41) is 9.66. The monoisotopic (exact) mass is 1090 g/mol. The molecule has 2 atom stereocenters. The maximum absolute atomic E-state index is 12.3. The zero-order chi connectivity index (χ0) is 56.1. The molecule has 0 saturated carbocycles. The van der Waals surface area contributed by atoms with Crippen LogP contribution in [-0.2, 0) is 22.3 Å². The lowest BCUT2D eigenvalue weighted by atomic mass is 9.87. The maximum atomic E-state index is 12.3. The quantitative estimate of drug-likeness (QED) is 0.133. The van der Waals surface area contributed by atoms with Gasteiger partial charge in [-0.05, 0) is 150 Å². The van der Waals surface area contributed by atoms with Crippen LogP contribution in [0.2, 0.25) is 0 Å². The highest BCUT2D eigenvalue weighted by atomic mass is 35.5. The summed E-state index contributed by atoms with van der Waals surface area (Å²) in [6.45, 7) is 26.3. The number of anilines is 2. The van der Waals surface area contributed by atoms with Gasteiger partial charge in [-0.25, -0.2) is 9.59 Å². The highest BCUT2D eigenvalue weighted by Crippen LogP contribution is 2.41. The van der Waals surface area contributed by atoms with Crippen molar-refractivity contribution in [3.05, 3.63) is 190 Å². The molecule has 10 rings (SSSR count). The Kier molecular flexibility index (Phi) is 19.9. The number of para-hydroxylation sites is 2. The molecule has 4 aliphatic rings. The minimum absolute atomic E-state index is 0.173. The van der Waals surface area contributed by atoms with E-state index in [1.807, 2.05) is 53.7 Å². The molecular formula is C66H83ClN6O6. The van der Waals surface area contributed by atoms with Crippen molar-refractivity contribution in [2.75, 3.05) is 101 Å². The van der Waals surface area contributed by atoms with Crippen LogP contribution in [0.5, 0.6) is 11.5 Å². The van der Waals surface area contributed by atoms with Crippen molar-refractivity contribution in [2.24, 2.45) is 0 Å². The molecule has 0 aromatic heterocycles. The molecular weight excluding hydrogens is 1010 g/mol. The third kappa shape index (κ3) is 16.4. The van der Waals surface area contributed by atoms with Crippen LogP contribution in [0.3, 0.4) is 0 Å². The van der Waals surface area contributed by atoms with Crippen molar-refractivity contribution < 1.29 is 28.9 Å². The normalized spacial score (nSPS) is 17.7. The van der Waals surface area contributed by atoms with Crippen molar-refractivity contribution in [1.29, 1.82) is 0 Å². The molecule has 4 aliphatic heterocycles. The fraction of sp³-hybridized carbons (Fsp3) is 0.424. The van der Waals surface area contributed by atoms with Gasteiger partial charge in [0.15, 0.2) is 0 Å². The third-order valence-electron chi connectivity index (χ3n) is 14.8. The SMILES string of the molecule is CC(C)(C)OC(=O)N1CCN(CCCl)CC1.Cc1ccc2c(c1)CCN(c1ccccc1)C2c1ccc(O)cc1.Cc1ccc2c(c1)CCN(c1ccccc1)C2c1ccc(OCCN2CCN(C(=O)OC(C)(C)C)CC2)cc1. The second-order valence-corrected chi connectivity index (χ2v) is 23.5. The molecule has 2 saturated heterocycles. The van der Waals surface area contributed by atoms with Crippen LogP contribution >= 0.6 is 11.6 Å². The molecule has 2 fully saturated rings. The van der Waals surface area contributed by atoms with Gasteiger partial charge < -0.3 is 38.9 Å². The number of carbonyl (C=O) groups excluding carboxylic acids is 2. The first-order chi connectivity index (χ1) is 37.9. The van der Waals surface area contributed by atoms with E-state index in [2.05, 4.69) is 155 Å². The number of phenolic OH excluding ortho intramolecular Hbond substituents is 1. The number of phenols is 1. The number of aromatic hydroxyl groups is 1. The molecule has 420 valence electrons. The van der Waals surface area contributed by atoms with Crippen LogP contribution in [-0.4, -0.2) is 139 Å². The highest BCUT2D eigenvalue weighted by molar-refractivity contribution is 6.18. The van der Waals surface area contributed by atoms with E-state index in [0.29, 0.717) is 31.3 Å². The Labute approximate surface area is 475 Å². The summed E-state index contributed by atoms with van der Waals surface area (Å²) in [4.78, 5) is 37.2. The Bertz CT molecular complexity index is 2880. The van der Waals surface area contributed by atoms with Gasteiger partial charge in [0.05, 0.1) is 12.1 Å². The van der Waals surface area contributed by atoms with Crippen LogP contribution in [0, 0.1) is 13.8 Å². The predicted octanol–water partition coefficient (Wildman–Crippen LogP) is 12.7. The number of ether oxygens (including phenoxy) is 3. The van der Waals surface area contributed by atoms with E-state index in [0.717, 1.165) is 84.0 Å². The molecule has 6 aromatic carbocycles. The minimum Gasteiger partial charge on any atom is -0.508 e. The molecule has 1 N–H and O–H groups in total. The molecule has 2 unspecified atom stereocenters. The number of benzene rings is 6. The van der Waals surface area contributed by atoms with E-state index < -0.39 is 11.2 Å². The van der Waals surface area contributed by atoms with Crippen molar-refractivity contribution in [3.63, 3.8) is 0 Å². The van der Waals surface area contributed by atoms with Crippen LogP contribution in [0.15, 0.2) is 146 Å². The van der Waals surface area contributed by atoms with Crippen LogP contribution in [0.25, 0.3) is 0 Å². The maximum Gasteiger partial charge on any atom is 0.410 e. The van der Waals surface area contributed by atoms with Crippen LogP contribution in [0.4, 0.5) is 21.0 Å². The Morgan fingerprint density at radius 1 is 0.519 bits per heavy atom. The standard InChI is InChI=1S/C33H41N3O3.C22H21NO.C11H21ClN2O2/c1-25-10-15-30-27(24-25)16-17-36(28-8-6-5-7-9-28)31(30)26-11-13-29(14-12-26)38-23-22-34-18-20-35(21-19-34)32(37)39-33(2,3)4;1-16-7-12-21-18(15-16)13-14-23(19-5-3-2-4-6-19)22(21)17-8-10-20(24)11-9-17;1-11(2,3)16-10(15)14-8-6-13(5-4-12)7-9-14/h5-15,24,31H,16-23H2,1-4H3;2-12,15,22,24H,13-14H2,1H3;4-9H2,1-3H3. The smallest absolute Gasteiger partial charge is 0.410 e. The van der Waals surface area contributed by atoms with Gasteiger partial charge in [0.1, 0.15) is 29.3 Å². The fourth-order valence-corrected chi connectivity index (χ4v) is 11.0. The number of halogens is 1. The first-order valence-electron chi connectivity index (χ1n) is 28.2. The summed E-state index contributed by atoms with van der Waals surface area (Å²) < 4.78 is 16.9. The van der Waals surface area contributed by atoms with Crippen molar-refractivity contribution >= 4 is 35.2 Å². The lowest BCUT2D eigenvalue weighted by Crippen LogP contribution is -2.50. The summed E-state index contributed by atoms with van der Waals surface area (Å²) in [5.74, 6) is 1.84. The van der Waals surface area contributed by atoms with E-state index in [4.69, 9.17) is 25.8 Å². The van der Waals surface area contributed by atoms with Gasteiger partial charge in [-0.15, -0.1) is 11.6 Å². The van der Waals surface area contributed by atoms with Gasteiger partial charge in [-0.2, -0.15) is 0 Å². The van der Waals surface area contributed by atoms with Gasteiger partial charge in [-0.3, -0.25) is 9.80 Å². The second kappa shape index (κ2) is 27.0. The van der Waals surface area contributed by atoms with E-state index in [9.17, 15) is 14.7 Å². The van der Waals surface area contributed by atoms with Crippen molar-refractivity contribution in [1.82, 2.24) is 19.6 Å². The number of fused-ring (bicyclic) bond motifs is 2. The molecule has 79 heavy (non-hydrogen) atoms. The largest absolute Gasteiger partial charge is 0.508 e. The summed E-state index contributed by atoms with van der Waals surface area (Å²) in [6.07, 6.45) is 1.67. The number of carbonyl (C=O) groups is 2. The Balaban J connectivity index is 0.000000174. The molecule has 0 aliphatic carbocycles. The molecule has 0 bridgehead atoms. The van der Waals surface area contributed by atoms with Gasteiger partial charge in [0.2, 0.25) is 0 Å². The first kappa shape index (κ1) is 58.4. The van der Waals surface area contributed by atoms with Gasteiger partial charge in [-0.1, -0.05) is 108 Å². The van der Waals surface area contributed by atoms with E-state index >= 15 is 0 Å². The third-order valence-corrected chi connectivity index (χ3v) is 14.9. The van der Waals surface area contributed by atoms with E-state index in [-0.39, 0.29) is 24.3 Å². The molecule has 0 radical (unpaired) electrons. The fourth-order valence-electron chi connectivity index (χ4n) is 10.8. The van der Waals surface area contributed by atoms with E-state index in [1.54, 1.807) is 21.9 Å². The molecule has 12 nitrogen and oxygen atoms in total. The van der Waals surface area contributed by atoms with Crippen molar-refractivity contribution in [2.45, 2.75) is 91.5 Å². The zero-order valence-electron chi connectivity index (χ0n) is 47.9. The Morgan fingerprint density at radius 3 is 1.33 bits per heavy atom. The number of piperazine rings is 2. The molecule has 0 spiro atoms. The average molecular weight is 1090 g/mol. The topological polar surface area (TPSA) is 101 Å². The minimum atomic E-state index is -0.461. The number of rotatable bonds is 10. The summed E-state index contributed by atoms with van der Waals surface area (Å²) >= 11 is 5.67. The summed E-state index contributed by atoms with van der Waals surface area (Å²) in [5.41, 5.74) is 12.3. The van der Waals surface area contributed by atoms with Crippen LogP contribution < -0.4 is 14.5 Å². The van der Waals surface area contributed by atoms with Gasteiger partial charge in [0, 0.05) is 95.8 Å². The number of aryl methyl sites for hydroxylation is 2. The zero-order valence-corrected chi connectivity index (χ0v) is 48.6. The van der Waals surface area contributed by atoms with E-state index in [1.165, 1.54) is 55.9 Å². The second-order valence-electron chi connectivity index (χ2n) is 23.1. The van der Waals surface area contributed by atoms with Crippen molar-refractivity contribution in [3.8, 4) is 11.5 Å². The number of nitrogens with zero attached hydrogens (tertiary/aromatic N) is 6. The lowest BCUT2D eigenvalue weighted by molar-refractivity contribution is 0.0132. The number of hydrogen-bond acceptors (Lipinski definition) is 10. The summed E-state index contributed by atoms with van der Waals surface area (Å²) in [7, 11) is 0. The predicted molar refractivity (Wildman–Crippen MR) is 320 cm³/mol. The Hall–Kier alpha value is -6.73. The molecule has 6 aromatic rings. The molecule has 2 amide bonds. The lowest BCUT2D eigenvalue weighted by Gasteiger charge is -2.39.